The number of benzene rings is 2. The molecule has 2 aromatic carbocycles. The molecule has 0 aliphatic heterocycles. The van der Waals surface area contributed by atoms with E-state index in [4.69, 9.17) is 5.73 Å². The van der Waals surface area contributed by atoms with Crippen LogP contribution < -0.4 is 10.6 Å². The van der Waals surface area contributed by atoms with Crippen molar-refractivity contribution in [1.29, 1.82) is 0 Å². The molecule has 4 rings (SSSR count). The molecule has 1 heterocycles. The van der Waals surface area contributed by atoms with Crippen molar-refractivity contribution in [2.75, 3.05) is 11.4 Å². The summed E-state index contributed by atoms with van der Waals surface area (Å²) < 4.78 is 39.4. The highest BCUT2D eigenvalue weighted by molar-refractivity contribution is 7.13. The molecule has 0 saturated carbocycles. The number of carbonyl (C=O) groups excluding carboxylic acids is 1. The third-order valence-electron chi connectivity index (χ3n) is 5.18. The molecule has 1 amide bonds. The zero-order valence-corrected chi connectivity index (χ0v) is 17.3. The number of carbonyl (C=O) groups is 2. The Bertz CT molecular complexity index is 1230. The van der Waals surface area contributed by atoms with Crippen molar-refractivity contribution >= 4 is 34.6 Å². The molecule has 1 aliphatic rings. The molecule has 32 heavy (non-hydrogen) atoms. The average Bonchev–Trinajstić information content (AvgIpc) is 3.39. The number of thiophene rings is 1. The van der Waals surface area contributed by atoms with Gasteiger partial charge in [-0.25, -0.2) is 0 Å². The van der Waals surface area contributed by atoms with Crippen molar-refractivity contribution < 1.29 is 27.9 Å². The van der Waals surface area contributed by atoms with E-state index >= 15 is 0 Å². The Morgan fingerprint density at radius 1 is 1.09 bits per heavy atom. The smallest absolute Gasteiger partial charge is 0.416 e. The number of hydrogen-bond acceptors (Lipinski definition) is 4. The molecule has 9 heteroatoms. The van der Waals surface area contributed by atoms with Crippen LogP contribution in [0.15, 0.2) is 65.6 Å². The van der Waals surface area contributed by atoms with E-state index in [1.54, 1.807) is 17.4 Å². The standard InChI is InChI=1S/C23H17F3N2O3S/c24-23(25,26)15-3-1-4-16(11-15)28(12-20(29)30)22(31)18-10-14-9-13(19-5-2-8-32-19)6-7-17(14)21(18)27/h1-9,11H,10,12,27H2,(H,29,30). The van der Waals surface area contributed by atoms with Gasteiger partial charge in [-0.3, -0.25) is 14.5 Å². The predicted octanol–water partition coefficient (Wildman–Crippen LogP) is 4.78. The molecule has 0 spiro atoms. The zero-order valence-electron chi connectivity index (χ0n) is 16.5. The van der Waals surface area contributed by atoms with E-state index in [9.17, 15) is 27.9 Å². The molecule has 0 unspecified atom stereocenters. The fraction of sp³-hybridized carbons (Fsp3) is 0.130. The van der Waals surface area contributed by atoms with Crippen LogP contribution in [0.2, 0.25) is 0 Å². The molecular formula is C23H17F3N2O3S. The molecule has 5 nitrogen and oxygen atoms in total. The molecule has 1 aromatic heterocycles. The van der Waals surface area contributed by atoms with Crippen LogP contribution in [0.4, 0.5) is 18.9 Å². The molecule has 1 aliphatic carbocycles. The van der Waals surface area contributed by atoms with Gasteiger partial charge in [-0.2, -0.15) is 13.2 Å². The van der Waals surface area contributed by atoms with E-state index in [1.807, 2.05) is 29.6 Å². The van der Waals surface area contributed by atoms with E-state index in [0.717, 1.165) is 39.1 Å². The van der Waals surface area contributed by atoms with Crippen molar-refractivity contribution in [3.63, 3.8) is 0 Å². The summed E-state index contributed by atoms with van der Waals surface area (Å²) in [7, 11) is 0. The quantitative estimate of drug-likeness (QED) is 0.577. The van der Waals surface area contributed by atoms with Crippen LogP contribution in [-0.2, 0) is 22.2 Å². The van der Waals surface area contributed by atoms with Crippen LogP contribution in [0.25, 0.3) is 16.1 Å². The van der Waals surface area contributed by atoms with Gasteiger partial charge in [0.15, 0.2) is 0 Å². The maximum atomic E-state index is 13.3. The van der Waals surface area contributed by atoms with Crippen LogP contribution in [0, 0.1) is 0 Å². The number of alkyl halides is 3. The fourth-order valence-electron chi connectivity index (χ4n) is 3.67. The van der Waals surface area contributed by atoms with Crippen LogP contribution in [0.3, 0.4) is 0 Å². The zero-order chi connectivity index (χ0) is 23.0. The summed E-state index contributed by atoms with van der Waals surface area (Å²) in [4.78, 5) is 26.5. The first kappa shape index (κ1) is 21.6. The van der Waals surface area contributed by atoms with Crippen molar-refractivity contribution in [2.24, 2.45) is 5.73 Å². The minimum Gasteiger partial charge on any atom is -0.480 e. The Morgan fingerprint density at radius 3 is 2.53 bits per heavy atom. The van der Waals surface area contributed by atoms with Gasteiger partial charge in [-0.05, 0) is 46.8 Å². The van der Waals surface area contributed by atoms with Gasteiger partial charge in [0.1, 0.15) is 6.54 Å². The summed E-state index contributed by atoms with van der Waals surface area (Å²) in [6.45, 7) is -0.798. The van der Waals surface area contributed by atoms with Crippen LogP contribution in [0.5, 0.6) is 0 Å². The third-order valence-corrected chi connectivity index (χ3v) is 6.09. The highest BCUT2D eigenvalue weighted by Crippen LogP contribution is 2.36. The summed E-state index contributed by atoms with van der Waals surface area (Å²) in [5, 5.41) is 11.2. The number of carboxylic acid groups (broad SMARTS) is 1. The molecule has 3 aromatic rings. The highest BCUT2D eigenvalue weighted by Gasteiger charge is 2.33. The van der Waals surface area contributed by atoms with Crippen LogP contribution in [-0.4, -0.2) is 23.5 Å². The molecule has 0 atom stereocenters. The lowest BCUT2D eigenvalue weighted by molar-refractivity contribution is -0.137. The van der Waals surface area contributed by atoms with Gasteiger partial charge in [0.25, 0.3) is 5.91 Å². The van der Waals surface area contributed by atoms with E-state index in [-0.39, 0.29) is 23.4 Å². The lowest BCUT2D eigenvalue weighted by atomic mass is 10.0. The van der Waals surface area contributed by atoms with Gasteiger partial charge in [-0.15, -0.1) is 11.3 Å². The normalized spacial score (nSPS) is 13.2. The molecule has 0 bridgehead atoms. The van der Waals surface area contributed by atoms with Gasteiger partial charge < -0.3 is 10.8 Å². The first-order valence-electron chi connectivity index (χ1n) is 9.52. The summed E-state index contributed by atoms with van der Waals surface area (Å²) in [6, 6.07) is 13.5. The van der Waals surface area contributed by atoms with Crippen molar-refractivity contribution in [1.82, 2.24) is 0 Å². The van der Waals surface area contributed by atoms with Crippen molar-refractivity contribution in [2.45, 2.75) is 12.6 Å². The monoisotopic (exact) mass is 458 g/mol. The van der Waals surface area contributed by atoms with E-state index in [1.165, 1.54) is 6.07 Å². The van der Waals surface area contributed by atoms with Gasteiger partial charge in [0, 0.05) is 33.8 Å². The van der Waals surface area contributed by atoms with Gasteiger partial charge in [0.2, 0.25) is 0 Å². The number of fused-ring (bicyclic) bond motifs is 1. The topological polar surface area (TPSA) is 83.6 Å². The minimum atomic E-state index is -4.63. The molecular weight excluding hydrogens is 441 g/mol. The third kappa shape index (κ3) is 4.11. The number of carboxylic acids is 1. The van der Waals surface area contributed by atoms with Crippen LogP contribution >= 0.6 is 11.3 Å². The SMILES string of the molecule is NC1=C(C(=O)N(CC(=O)O)c2cccc(C(F)(F)F)c2)Cc2cc(-c3cccs3)ccc21. The maximum Gasteiger partial charge on any atom is 0.416 e. The van der Waals surface area contributed by atoms with Gasteiger partial charge in [-0.1, -0.05) is 24.3 Å². The summed E-state index contributed by atoms with van der Waals surface area (Å²) in [5.74, 6) is -2.09. The van der Waals surface area contributed by atoms with Crippen LogP contribution in [0.1, 0.15) is 16.7 Å². The van der Waals surface area contributed by atoms with Gasteiger partial charge >= 0.3 is 12.1 Å². The Labute approximate surface area is 185 Å². The molecule has 0 fully saturated rings. The Hall–Kier alpha value is -3.59. The average molecular weight is 458 g/mol. The Kier molecular flexibility index (Phi) is 5.52. The second-order valence-electron chi connectivity index (χ2n) is 7.25. The largest absolute Gasteiger partial charge is 0.480 e. The number of anilines is 1. The maximum absolute atomic E-state index is 13.3. The lowest BCUT2D eigenvalue weighted by Gasteiger charge is -2.23. The number of halogens is 3. The number of aliphatic carboxylic acids is 1. The molecule has 0 radical (unpaired) electrons. The van der Waals surface area contributed by atoms with Gasteiger partial charge in [0.05, 0.1) is 5.56 Å². The number of hydrogen-bond donors (Lipinski definition) is 2. The highest BCUT2D eigenvalue weighted by atomic mass is 32.1. The number of rotatable bonds is 5. The van der Waals surface area contributed by atoms with E-state index < -0.39 is 30.2 Å². The number of nitrogens with zero attached hydrogens (tertiary/aromatic N) is 1. The fourth-order valence-corrected chi connectivity index (χ4v) is 4.39. The summed E-state index contributed by atoms with van der Waals surface area (Å²) >= 11 is 1.56. The van der Waals surface area contributed by atoms with E-state index in [0.29, 0.717) is 5.56 Å². The molecule has 0 saturated heterocycles. The minimum absolute atomic E-state index is 0.155. The van der Waals surface area contributed by atoms with E-state index in [2.05, 4.69) is 0 Å². The first-order valence-corrected chi connectivity index (χ1v) is 10.4. The summed E-state index contributed by atoms with van der Waals surface area (Å²) in [5.41, 5.74) is 7.85. The van der Waals surface area contributed by atoms with Crippen molar-refractivity contribution in [3.8, 4) is 10.4 Å². The lowest BCUT2D eigenvalue weighted by Crippen LogP contribution is -2.37. The predicted molar refractivity (Wildman–Crippen MR) is 116 cm³/mol. The molecule has 164 valence electrons. The number of nitrogens with two attached hydrogens (primary N) is 1. The van der Waals surface area contributed by atoms with Crippen molar-refractivity contribution in [3.05, 3.63) is 82.2 Å². The first-order chi connectivity index (χ1) is 15.1. The Balaban J connectivity index is 1.68. The Morgan fingerprint density at radius 2 is 1.88 bits per heavy atom. The molecule has 3 N–H and O–H groups in total. The second-order valence-corrected chi connectivity index (χ2v) is 8.20. The second kappa shape index (κ2) is 8.16. The summed E-state index contributed by atoms with van der Waals surface area (Å²) in [6.07, 6.45) is -4.47. The number of amides is 1.